The number of carbonyl (C=O) groups is 1. The maximum Gasteiger partial charge on any atom is 0.319 e. The number of aliphatic hydroxyl groups excluding tert-OH is 1. The Labute approximate surface area is 150 Å². The van der Waals surface area contributed by atoms with Crippen molar-refractivity contribution >= 4 is 18.4 Å². The third kappa shape index (κ3) is 3.32. The van der Waals surface area contributed by atoms with Gasteiger partial charge in [-0.15, -0.1) is 12.4 Å². The van der Waals surface area contributed by atoms with E-state index >= 15 is 0 Å². The fourth-order valence-electron chi connectivity index (χ4n) is 4.21. The smallest absolute Gasteiger partial charge is 0.319 e. The minimum Gasteiger partial charge on any atom is -0.462 e. The minimum absolute atomic E-state index is 0. The van der Waals surface area contributed by atoms with Crippen LogP contribution in [0.25, 0.3) is 0 Å². The SMILES string of the molecule is CCC(CO)(C(=O)OC1CC2CCC(C1)N2C)c1ccccc1.Cl. The number of aliphatic hydroxyl groups is 1. The van der Waals surface area contributed by atoms with E-state index in [-0.39, 0.29) is 31.1 Å². The van der Waals surface area contributed by atoms with Crippen molar-refractivity contribution in [2.24, 2.45) is 0 Å². The number of rotatable bonds is 5. The summed E-state index contributed by atoms with van der Waals surface area (Å²) in [7, 11) is 2.18. The van der Waals surface area contributed by atoms with Crippen molar-refractivity contribution in [3.63, 3.8) is 0 Å². The molecule has 134 valence electrons. The second kappa shape index (κ2) is 7.85. The highest BCUT2D eigenvalue weighted by Gasteiger charge is 2.44. The molecule has 4 nitrogen and oxygen atoms in total. The predicted molar refractivity (Wildman–Crippen MR) is 96.4 cm³/mol. The fourth-order valence-corrected chi connectivity index (χ4v) is 4.21. The first-order chi connectivity index (χ1) is 11.1. The van der Waals surface area contributed by atoms with Crippen molar-refractivity contribution in [1.29, 1.82) is 0 Å². The van der Waals surface area contributed by atoms with Gasteiger partial charge in [0.05, 0.1) is 6.61 Å². The van der Waals surface area contributed by atoms with Gasteiger partial charge >= 0.3 is 5.97 Å². The molecule has 0 amide bonds. The maximum absolute atomic E-state index is 12.9. The molecule has 0 saturated carbocycles. The average molecular weight is 354 g/mol. The highest BCUT2D eigenvalue weighted by atomic mass is 35.5. The Bertz CT molecular complexity index is 533. The molecular formula is C19H28ClNO3. The predicted octanol–water partition coefficient (Wildman–Crippen LogP) is 2.92. The summed E-state index contributed by atoms with van der Waals surface area (Å²) in [6.45, 7) is 1.72. The van der Waals surface area contributed by atoms with Gasteiger partial charge < -0.3 is 14.7 Å². The lowest BCUT2D eigenvalue weighted by molar-refractivity contribution is -0.161. The molecule has 3 rings (SSSR count). The van der Waals surface area contributed by atoms with Gasteiger partial charge in [-0.05, 0) is 44.7 Å². The number of ether oxygens (including phenoxy) is 1. The lowest BCUT2D eigenvalue weighted by atomic mass is 9.78. The summed E-state index contributed by atoms with van der Waals surface area (Å²) in [6.07, 6.45) is 4.75. The standard InChI is InChI=1S/C19H27NO3.ClH/c1-3-19(13-21,14-7-5-4-6-8-14)18(22)23-17-11-15-9-10-16(12-17)20(15)2;/h4-8,15-17,21H,3,9-13H2,1-2H3;1H. The zero-order valence-corrected chi connectivity index (χ0v) is 15.3. The number of hydrogen-bond acceptors (Lipinski definition) is 4. The molecule has 2 aliphatic rings. The molecule has 24 heavy (non-hydrogen) atoms. The molecule has 0 radical (unpaired) electrons. The quantitative estimate of drug-likeness (QED) is 0.827. The number of nitrogens with zero attached hydrogens (tertiary/aromatic N) is 1. The van der Waals surface area contributed by atoms with Gasteiger partial charge in [0, 0.05) is 12.1 Å². The van der Waals surface area contributed by atoms with E-state index in [2.05, 4.69) is 11.9 Å². The molecule has 2 aliphatic heterocycles. The zero-order valence-electron chi connectivity index (χ0n) is 14.5. The highest BCUT2D eigenvalue weighted by Crippen LogP contribution is 2.37. The van der Waals surface area contributed by atoms with Gasteiger partial charge in [-0.3, -0.25) is 4.79 Å². The summed E-state index contributed by atoms with van der Waals surface area (Å²) in [4.78, 5) is 15.3. The van der Waals surface area contributed by atoms with Crippen LogP contribution >= 0.6 is 12.4 Å². The van der Waals surface area contributed by atoms with E-state index in [0.717, 1.165) is 18.4 Å². The van der Waals surface area contributed by atoms with Crippen LogP contribution in [0.5, 0.6) is 0 Å². The van der Waals surface area contributed by atoms with Crippen LogP contribution in [-0.2, 0) is 14.9 Å². The van der Waals surface area contributed by atoms with E-state index in [1.54, 1.807) is 0 Å². The second-order valence-electron chi connectivity index (χ2n) is 7.01. The summed E-state index contributed by atoms with van der Waals surface area (Å²) in [5, 5.41) is 9.98. The number of piperidine rings is 1. The van der Waals surface area contributed by atoms with Crippen molar-refractivity contribution in [3.05, 3.63) is 35.9 Å². The van der Waals surface area contributed by atoms with Crippen LogP contribution in [0.3, 0.4) is 0 Å². The summed E-state index contributed by atoms with van der Waals surface area (Å²) >= 11 is 0. The van der Waals surface area contributed by atoms with Gasteiger partial charge in [-0.25, -0.2) is 0 Å². The highest BCUT2D eigenvalue weighted by molar-refractivity contribution is 5.85. The van der Waals surface area contributed by atoms with E-state index in [1.807, 2.05) is 37.3 Å². The molecule has 2 bridgehead atoms. The van der Waals surface area contributed by atoms with E-state index in [0.29, 0.717) is 18.5 Å². The molecule has 3 unspecified atom stereocenters. The number of halogens is 1. The van der Waals surface area contributed by atoms with E-state index < -0.39 is 5.41 Å². The van der Waals surface area contributed by atoms with Crippen LogP contribution in [0.15, 0.2) is 30.3 Å². The first kappa shape index (κ1) is 19.2. The largest absolute Gasteiger partial charge is 0.462 e. The topological polar surface area (TPSA) is 49.8 Å². The van der Waals surface area contributed by atoms with Crippen LogP contribution in [0.2, 0.25) is 0 Å². The Morgan fingerprint density at radius 2 is 1.83 bits per heavy atom. The molecule has 2 heterocycles. The lowest BCUT2D eigenvalue weighted by Crippen LogP contribution is -2.47. The second-order valence-corrected chi connectivity index (χ2v) is 7.01. The Morgan fingerprint density at radius 1 is 1.25 bits per heavy atom. The van der Waals surface area contributed by atoms with Crippen LogP contribution in [0.1, 0.15) is 44.6 Å². The van der Waals surface area contributed by atoms with Gasteiger partial charge in [0.15, 0.2) is 0 Å². The monoisotopic (exact) mass is 353 g/mol. The van der Waals surface area contributed by atoms with Crippen molar-refractivity contribution in [2.75, 3.05) is 13.7 Å². The van der Waals surface area contributed by atoms with Gasteiger partial charge in [-0.2, -0.15) is 0 Å². The normalized spacial score (nSPS) is 28.7. The van der Waals surface area contributed by atoms with Gasteiger partial charge in [0.25, 0.3) is 0 Å². The molecule has 0 spiro atoms. The van der Waals surface area contributed by atoms with Crippen LogP contribution in [0.4, 0.5) is 0 Å². The summed E-state index contributed by atoms with van der Waals surface area (Å²) in [5.41, 5.74) is -0.102. The van der Waals surface area contributed by atoms with Crippen molar-refractivity contribution < 1.29 is 14.6 Å². The summed E-state index contributed by atoms with van der Waals surface area (Å²) in [5.74, 6) is -0.275. The zero-order chi connectivity index (χ0) is 16.4. The van der Waals surface area contributed by atoms with E-state index in [1.165, 1.54) is 12.8 Å². The molecular weight excluding hydrogens is 326 g/mol. The van der Waals surface area contributed by atoms with Crippen LogP contribution < -0.4 is 0 Å². The molecule has 1 N–H and O–H groups in total. The van der Waals surface area contributed by atoms with Crippen molar-refractivity contribution in [3.8, 4) is 0 Å². The van der Waals surface area contributed by atoms with Crippen molar-refractivity contribution in [1.82, 2.24) is 4.90 Å². The molecule has 2 saturated heterocycles. The molecule has 0 aromatic heterocycles. The fraction of sp³-hybridized carbons (Fsp3) is 0.632. The molecule has 1 aromatic rings. The van der Waals surface area contributed by atoms with Crippen LogP contribution in [-0.4, -0.2) is 47.8 Å². The Balaban J connectivity index is 0.00000208. The average Bonchev–Trinajstić information content (AvgIpc) is 2.79. The lowest BCUT2D eigenvalue weighted by Gasteiger charge is -2.38. The minimum atomic E-state index is -0.941. The van der Waals surface area contributed by atoms with Crippen LogP contribution in [0, 0.1) is 0 Å². The Morgan fingerprint density at radius 3 is 2.33 bits per heavy atom. The van der Waals surface area contributed by atoms with E-state index in [9.17, 15) is 9.90 Å². The molecule has 2 fully saturated rings. The number of carbonyl (C=O) groups excluding carboxylic acids is 1. The number of hydrogen-bond donors (Lipinski definition) is 1. The van der Waals surface area contributed by atoms with Gasteiger partial charge in [-0.1, -0.05) is 37.3 Å². The van der Waals surface area contributed by atoms with Crippen molar-refractivity contribution in [2.45, 2.75) is 62.6 Å². The first-order valence-corrected chi connectivity index (χ1v) is 8.70. The molecule has 3 atom stereocenters. The van der Waals surface area contributed by atoms with E-state index in [4.69, 9.17) is 4.74 Å². The Kier molecular flexibility index (Phi) is 6.29. The molecule has 5 heteroatoms. The molecule has 1 aromatic carbocycles. The number of esters is 1. The first-order valence-electron chi connectivity index (χ1n) is 8.70. The third-order valence-corrected chi connectivity index (χ3v) is 5.92. The maximum atomic E-state index is 12.9. The third-order valence-electron chi connectivity index (χ3n) is 5.92. The van der Waals surface area contributed by atoms with Gasteiger partial charge in [0.2, 0.25) is 0 Å². The number of benzene rings is 1. The molecule has 0 aliphatic carbocycles. The number of fused-ring (bicyclic) bond motifs is 2. The summed E-state index contributed by atoms with van der Waals surface area (Å²) < 4.78 is 5.90. The Hall–Kier alpha value is -1.10. The summed E-state index contributed by atoms with van der Waals surface area (Å²) in [6, 6.07) is 10.6. The van der Waals surface area contributed by atoms with Gasteiger partial charge in [0.1, 0.15) is 11.5 Å².